The number of nitrogen functional groups attached to an aromatic ring is 1. The van der Waals surface area contributed by atoms with E-state index in [9.17, 15) is 14.4 Å². The van der Waals surface area contributed by atoms with Gasteiger partial charge in [-0.05, 0) is 31.7 Å². The third kappa shape index (κ3) is 2.98. The van der Waals surface area contributed by atoms with Gasteiger partial charge in [0.25, 0.3) is 5.56 Å². The first-order valence-electron chi connectivity index (χ1n) is 8.40. The molecule has 0 spiro atoms. The van der Waals surface area contributed by atoms with Crippen LogP contribution in [0.25, 0.3) is 10.2 Å². The number of fused-ring (bicyclic) bond motifs is 3. The van der Waals surface area contributed by atoms with Crippen molar-refractivity contribution in [3.63, 3.8) is 0 Å². The molecule has 3 N–H and O–H groups in total. The lowest BCUT2D eigenvalue weighted by Crippen LogP contribution is -2.35. The number of carbonyl (C=O) groups excluding carboxylic acids is 1. The molecule has 10 heteroatoms. The minimum absolute atomic E-state index is 0.00164. The Bertz CT molecular complexity index is 1210. The number of anilines is 1. The highest BCUT2D eigenvalue weighted by Crippen LogP contribution is 2.40. The maximum Gasteiger partial charge on any atom is 0.329 e. The molecule has 0 saturated carbocycles. The Morgan fingerprint density at radius 2 is 2.11 bits per heavy atom. The summed E-state index contributed by atoms with van der Waals surface area (Å²) in [6.45, 7) is 1.83. The number of aromatic nitrogens is 4. The van der Waals surface area contributed by atoms with Gasteiger partial charge >= 0.3 is 5.69 Å². The van der Waals surface area contributed by atoms with E-state index in [-0.39, 0.29) is 17.1 Å². The van der Waals surface area contributed by atoms with Crippen LogP contribution >= 0.6 is 23.1 Å². The monoisotopic (exact) mass is 403 g/mol. The Labute approximate surface area is 161 Å². The van der Waals surface area contributed by atoms with Gasteiger partial charge in [-0.15, -0.1) is 11.3 Å². The number of aromatic amines is 1. The van der Waals surface area contributed by atoms with Gasteiger partial charge in [0.05, 0.1) is 5.75 Å². The van der Waals surface area contributed by atoms with E-state index in [1.54, 1.807) is 11.3 Å². The molecule has 0 bridgehead atoms. The van der Waals surface area contributed by atoms with E-state index in [1.807, 2.05) is 6.92 Å². The van der Waals surface area contributed by atoms with Crippen molar-refractivity contribution in [3.8, 4) is 0 Å². The van der Waals surface area contributed by atoms with Crippen LogP contribution in [-0.4, -0.2) is 31.1 Å². The molecule has 140 valence electrons. The fraction of sp³-hybridized carbons (Fsp3) is 0.353. The van der Waals surface area contributed by atoms with Crippen LogP contribution in [0, 0.1) is 6.92 Å². The van der Waals surface area contributed by atoms with E-state index >= 15 is 0 Å². The first-order chi connectivity index (χ1) is 12.9. The van der Waals surface area contributed by atoms with E-state index in [4.69, 9.17) is 5.73 Å². The number of nitrogens with zero attached hydrogens (tertiary/aromatic N) is 3. The molecule has 8 nitrogen and oxygen atoms in total. The molecule has 0 radical (unpaired) electrons. The van der Waals surface area contributed by atoms with Crippen LogP contribution in [0.5, 0.6) is 0 Å². The molecule has 0 atom stereocenters. The minimum atomic E-state index is -0.762. The van der Waals surface area contributed by atoms with Gasteiger partial charge in [-0.3, -0.25) is 19.1 Å². The smallest absolute Gasteiger partial charge is 0.329 e. The van der Waals surface area contributed by atoms with Crippen LogP contribution in [0.4, 0.5) is 5.82 Å². The molecule has 0 unspecified atom stereocenters. The molecule has 1 aliphatic rings. The first-order valence-corrected chi connectivity index (χ1v) is 10.2. The number of Topliss-reactive ketones (excluding diaryl/α,β-unsaturated/α-hetero) is 1. The zero-order chi connectivity index (χ0) is 19.3. The molecule has 0 aliphatic heterocycles. The summed E-state index contributed by atoms with van der Waals surface area (Å²) in [5, 5.41) is 1.78. The van der Waals surface area contributed by atoms with Gasteiger partial charge in [0.1, 0.15) is 27.1 Å². The molecular formula is C17H17N5O3S2. The molecule has 0 aromatic carbocycles. The Balaban J connectivity index is 1.69. The number of rotatable bonds is 4. The average molecular weight is 403 g/mol. The summed E-state index contributed by atoms with van der Waals surface area (Å²) in [6, 6.07) is 0. The van der Waals surface area contributed by atoms with Crippen molar-refractivity contribution in [1.82, 2.24) is 19.5 Å². The Morgan fingerprint density at radius 3 is 2.89 bits per heavy atom. The lowest BCUT2D eigenvalue weighted by molar-refractivity contribution is 0.102. The van der Waals surface area contributed by atoms with Gasteiger partial charge in [-0.2, -0.15) is 0 Å². The van der Waals surface area contributed by atoms with E-state index in [1.165, 1.54) is 29.3 Å². The number of nitrogens with one attached hydrogen (secondary N) is 1. The van der Waals surface area contributed by atoms with E-state index < -0.39 is 17.0 Å². The number of carbonyl (C=O) groups is 1. The zero-order valence-corrected chi connectivity index (χ0v) is 16.4. The normalized spacial score (nSPS) is 13.3. The standard InChI is InChI=1S/C17H17N5O3S2/c1-7-19-15(11-8-4-3-5-10(8)27-16(11)20-7)26-6-9(23)12-13(18)22(2)17(25)21-14(12)24/h3-6,18H2,1-2H3,(H,21,24,25). The molecule has 3 aromatic heterocycles. The van der Waals surface area contributed by atoms with Gasteiger partial charge in [-0.25, -0.2) is 14.8 Å². The second-order valence-electron chi connectivity index (χ2n) is 6.40. The predicted molar refractivity (Wildman–Crippen MR) is 106 cm³/mol. The quantitative estimate of drug-likeness (QED) is 0.384. The first kappa shape index (κ1) is 17.9. The molecule has 4 rings (SSSR count). The van der Waals surface area contributed by atoms with Gasteiger partial charge in [0.15, 0.2) is 5.78 Å². The van der Waals surface area contributed by atoms with E-state index in [2.05, 4.69) is 15.0 Å². The third-order valence-electron chi connectivity index (χ3n) is 4.63. The lowest BCUT2D eigenvalue weighted by atomic mass is 10.2. The predicted octanol–water partition coefficient (Wildman–Crippen LogP) is 1.43. The molecular weight excluding hydrogens is 386 g/mol. The summed E-state index contributed by atoms with van der Waals surface area (Å²) >= 11 is 2.97. The summed E-state index contributed by atoms with van der Waals surface area (Å²) in [6.07, 6.45) is 3.18. The fourth-order valence-electron chi connectivity index (χ4n) is 3.28. The molecule has 3 heterocycles. The van der Waals surface area contributed by atoms with Crippen molar-refractivity contribution in [3.05, 3.63) is 42.7 Å². The number of ketones is 1. The summed E-state index contributed by atoms with van der Waals surface area (Å²) in [7, 11) is 1.41. The second kappa shape index (κ2) is 6.61. The third-order valence-corrected chi connectivity index (χ3v) is 6.79. The maximum atomic E-state index is 12.6. The van der Waals surface area contributed by atoms with Crippen LogP contribution in [0.1, 0.15) is 33.0 Å². The van der Waals surface area contributed by atoms with Gasteiger partial charge in [-0.1, -0.05) is 11.8 Å². The number of hydrogen-bond acceptors (Lipinski definition) is 8. The van der Waals surface area contributed by atoms with Crippen LogP contribution in [0.2, 0.25) is 0 Å². The Morgan fingerprint density at radius 1 is 1.33 bits per heavy atom. The van der Waals surface area contributed by atoms with E-state index in [0.29, 0.717) is 5.82 Å². The SMILES string of the molecule is Cc1nc(SCC(=O)c2c(N)n(C)c(=O)[nH]c2=O)c2c3c(sc2n1)CCC3. The van der Waals surface area contributed by atoms with Crippen molar-refractivity contribution in [1.29, 1.82) is 0 Å². The summed E-state index contributed by atoms with van der Waals surface area (Å²) < 4.78 is 1.05. The average Bonchev–Trinajstić information content (AvgIpc) is 3.18. The summed E-state index contributed by atoms with van der Waals surface area (Å²) in [5.41, 5.74) is 5.49. The van der Waals surface area contributed by atoms with Crippen LogP contribution in [0.3, 0.4) is 0 Å². The molecule has 0 fully saturated rings. The summed E-state index contributed by atoms with van der Waals surface area (Å²) in [4.78, 5) is 49.7. The van der Waals surface area contributed by atoms with Crippen molar-refractivity contribution in [2.75, 3.05) is 11.5 Å². The van der Waals surface area contributed by atoms with Crippen molar-refractivity contribution in [2.24, 2.45) is 7.05 Å². The largest absolute Gasteiger partial charge is 0.384 e. The lowest BCUT2D eigenvalue weighted by Gasteiger charge is -2.08. The number of thiophene rings is 1. The zero-order valence-electron chi connectivity index (χ0n) is 14.8. The van der Waals surface area contributed by atoms with Crippen molar-refractivity contribution >= 4 is 44.9 Å². The van der Waals surface area contributed by atoms with Gasteiger partial charge in [0, 0.05) is 17.3 Å². The molecule has 3 aromatic rings. The number of hydrogen-bond donors (Lipinski definition) is 2. The Kier molecular flexibility index (Phi) is 4.39. The topological polar surface area (TPSA) is 124 Å². The van der Waals surface area contributed by atoms with Gasteiger partial charge < -0.3 is 5.73 Å². The molecule has 0 amide bonds. The van der Waals surface area contributed by atoms with Gasteiger partial charge in [0.2, 0.25) is 0 Å². The molecule has 0 saturated heterocycles. The molecule has 27 heavy (non-hydrogen) atoms. The fourth-order valence-corrected chi connectivity index (χ4v) is 5.63. The van der Waals surface area contributed by atoms with Crippen LogP contribution in [-0.2, 0) is 19.9 Å². The maximum absolute atomic E-state index is 12.6. The highest BCUT2D eigenvalue weighted by molar-refractivity contribution is 8.00. The van der Waals surface area contributed by atoms with Crippen molar-refractivity contribution < 1.29 is 4.79 Å². The van der Waals surface area contributed by atoms with Crippen LogP contribution in [0.15, 0.2) is 14.6 Å². The van der Waals surface area contributed by atoms with Crippen LogP contribution < -0.4 is 17.0 Å². The highest BCUT2D eigenvalue weighted by Gasteiger charge is 2.24. The highest BCUT2D eigenvalue weighted by atomic mass is 32.2. The number of H-pyrrole nitrogens is 1. The second-order valence-corrected chi connectivity index (χ2v) is 8.45. The number of aryl methyl sites for hydroxylation is 3. The molecule has 1 aliphatic carbocycles. The van der Waals surface area contributed by atoms with Crippen molar-refractivity contribution in [2.45, 2.75) is 31.2 Å². The minimum Gasteiger partial charge on any atom is -0.384 e. The Hall–Kier alpha value is -2.46. The number of nitrogens with two attached hydrogens (primary N) is 1. The number of thioether (sulfide) groups is 1. The summed E-state index contributed by atoms with van der Waals surface area (Å²) in [5.74, 6) is 0.0825. The van der Waals surface area contributed by atoms with E-state index in [0.717, 1.165) is 39.1 Å².